The van der Waals surface area contributed by atoms with Gasteiger partial charge in [0.25, 0.3) is 5.69 Å². The number of rotatable bonds is 3. The summed E-state index contributed by atoms with van der Waals surface area (Å²) < 4.78 is 13.7. The summed E-state index contributed by atoms with van der Waals surface area (Å²) in [6.07, 6.45) is 0. The lowest BCUT2D eigenvalue weighted by Crippen LogP contribution is -2.20. The molecule has 0 aliphatic rings. The Morgan fingerprint density at radius 3 is 2.45 bits per heavy atom. The van der Waals surface area contributed by atoms with Gasteiger partial charge in [-0.1, -0.05) is 17.7 Å². The number of hydrogen-bond donors (Lipinski definition) is 2. The van der Waals surface area contributed by atoms with Crippen LogP contribution < -0.4 is 10.6 Å². The van der Waals surface area contributed by atoms with Crippen LogP contribution in [-0.2, 0) is 0 Å². The normalized spacial score (nSPS) is 10.1. The van der Waals surface area contributed by atoms with Crippen LogP contribution >= 0.6 is 12.2 Å². The molecule has 0 bridgehead atoms. The lowest BCUT2D eigenvalue weighted by atomic mass is 10.1. The summed E-state index contributed by atoms with van der Waals surface area (Å²) in [7, 11) is 0. The Morgan fingerprint density at radius 2 is 1.82 bits per heavy atom. The van der Waals surface area contributed by atoms with E-state index in [0.29, 0.717) is 0 Å². The molecule has 7 heteroatoms. The van der Waals surface area contributed by atoms with Gasteiger partial charge in [-0.2, -0.15) is 0 Å². The standard InChI is InChI=1S/C15H14FN3O2S/c1-9-3-6-13(10(2)7-9)17-15(22)18-14-8-11(19(20)21)4-5-12(14)16/h3-8H,1-2H3,(H2,17,18,22). The fraction of sp³-hybridized carbons (Fsp3) is 0.133. The van der Waals surface area contributed by atoms with Crippen molar-refractivity contribution in [3.8, 4) is 0 Å². The van der Waals surface area contributed by atoms with Crippen LogP contribution in [-0.4, -0.2) is 10.0 Å². The maximum Gasteiger partial charge on any atom is 0.271 e. The molecule has 0 saturated carbocycles. The van der Waals surface area contributed by atoms with E-state index >= 15 is 0 Å². The van der Waals surface area contributed by atoms with Crippen molar-refractivity contribution in [3.05, 3.63) is 63.5 Å². The molecule has 0 amide bonds. The monoisotopic (exact) mass is 319 g/mol. The SMILES string of the molecule is Cc1ccc(NC(=S)Nc2cc([N+](=O)[O-])ccc2F)c(C)c1. The quantitative estimate of drug-likeness (QED) is 0.505. The molecule has 0 aliphatic heterocycles. The molecule has 2 aromatic carbocycles. The van der Waals surface area contributed by atoms with E-state index in [1.54, 1.807) is 0 Å². The van der Waals surface area contributed by atoms with Crippen molar-refractivity contribution < 1.29 is 9.31 Å². The number of halogens is 1. The van der Waals surface area contributed by atoms with Crippen LogP contribution in [0.5, 0.6) is 0 Å². The zero-order valence-electron chi connectivity index (χ0n) is 12.0. The topological polar surface area (TPSA) is 67.2 Å². The average Bonchev–Trinajstić information content (AvgIpc) is 2.44. The van der Waals surface area contributed by atoms with Crippen molar-refractivity contribution in [2.45, 2.75) is 13.8 Å². The van der Waals surface area contributed by atoms with Crippen molar-refractivity contribution in [3.63, 3.8) is 0 Å². The van der Waals surface area contributed by atoms with Gasteiger partial charge >= 0.3 is 0 Å². The van der Waals surface area contributed by atoms with Gasteiger partial charge in [0.15, 0.2) is 5.11 Å². The average molecular weight is 319 g/mol. The molecule has 2 aromatic rings. The van der Waals surface area contributed by atoms with E-state index in [1.807, 2.05) is 32.0 Å². The number of aryl methyl sites for hydroxylation is 2. The summed E-state index contributed by atoms with van der Waals surface area (Å²) in [5, 5.41) is 16.5. The third kappa shape index (κ3) is 3.76. The minimum atomic E-state index is -0.615. The van der Waals surface area contributed by atoms with E-state index in [1.165, 1.54) is 0 Å². The number of nitrogens with zero attached hydrogens (tertiary/aromatic N) is 1. The molecule has 0 aliphatic carbocycles. The van der Waals surface area contributed by atoms with Crippen LogP contribution in [0.2, 0.25) is 0 Å². The molecule has 0 spiro atoms. The summed E-state index contributed by atoms with van der Waals surface area (Å²) in [6.45, 7) is 3.90. The first-order chi connectivity index (χ1) is 10.4. The molecular formula is C15H14FN3O2S. The smallest absolute Gasteiger partial charge is 0.271 e. The van der Waals surface area contributed by atoms with Gasteiger partial charge in [0.2, 0.25) is 0 Å². The number of anilines is 2. The van der Waals surface area contributed by atoms with Gasteiger partial charge in [-0.05, 0) is 43.8 Å². The second-order valence-electron chi connectivity index (χ2n) is 4.82. The van der Waals surface area contributed by atoms with Crippen molar-refractivity contribution in [2.24, 2.45) is 0 Å². The van der Waals surface area contributed by atoms with E-state index in [9.17, 15) is 14.5 Å². The third-order valence-electron chi connectivity index (χ3n) is 3.04. The Balaban J connectivity index is 2.15. The Morgan fingerprint density at radius 1 is 1.14 bits per heavy atom. The molecule has 0 aromatic heterocycles. The molecule has 0 saturated heterocycles. The lowest BCUT2D eigenvalue weighted by Gasteiger charge is -2.13. The molecule has 0 atom stereocenters. The molecular weight excluding hydrogens is 305 g/mol. The number of nitro groups is 1. The van der Waals surface area contributed by atoms with Gasteiger partial charge in [-0.15, -0.1) is 0 Å². The molecule has 22 heavy (non-hydrogen) atoms. The van der Waals surface area contributed by atoms with Crippen LogP contribution in [0.1, 0.15) is 11.1 Å². The Hall–Kier alpha value is -2.54. The zero-order chi connectivity index (χ0) is 16.3. The Kier molecular flexibility index (Phi) is 4.67. The summed E-state index contributed by atoms with van der Waals surface area (Å²) in [5.41, 5.74) is 2.64. The minimum absolute atomic E-state index is 0.0449. The molecule has 2 rings (SSSR count). The first-order valence-corrected chi connectivity index (χ1v) is 6.87. The van der Waals surface area contributed by atoms with Gasteiger partial charge in [0.1, 0.15) is 5.82 Å². The van der Waals surface area contributed by atoms with E-state index in [2.05, 4.69) is 10.6 Å². The largest absolute Gasteiger partial charge is 0.332 e. The van der Waals surface area contributed by atoms with E-state index in [0.717, 1.165) is 35.0 Å². The predicted molar refractivity (Wildman–Crippen MR) is 88.8 cm³/mol. The number of benzene rings is 2. The van der Waals surface area contributed by atoms with Crippen LogP contribution in [0.15, 0.2) is 36.4 Å². The highest BCUT2D eigenvalue weighted by molar-refractivity contribution is 7.80. The van der Waals surface area contributed by atoms with Crippen molar-refractivity contribution in [1.29, 1.82) is 0 Å². The summed E-state index contributed by atoms with van der Waals surface area (Å²) in [5.74, 6) is -0.615. The highest BCUT2D eigenvalue weighted by atomic mass is 32.1. The van der Waals surface area contributed by atoms with E-state index in [4.69, 9.17) is 12.2 Å². The highest BCUT2D eigenvalue weighted by Crippen LogP contribution is 2.22. The molecule has 0 radical (unpaired) electrons. The van der Waals surface area contributed by atoms with Crippen LogP contribution in [0.3, 0.4) is 0 Å². The minimum Gasteiger partial charge on any atom is -0.332 e. The first-order valence-electron chi connectivity index (χ1n) is 6.46. The Labute approximate surface area is 132 Å². The summed E-state index contributed by atoms with van der Waals surface area (Å²) >= 11 is 5.12. The predicted octanol–water partition coefficient (Wildman–Crippen LogP) is 4.16. The number of nitrogens with one attached hydrogen (secondary N) is 2. The first kappa shape index (κ1) is 15.8. The van der Waals surface area contributed by atoms with E-state index < -0.39 is 10.7 Å². The zero-order valence-corrected chi connectivity index (χ0v) is 12.8. The van der Waals surface area contributed by atoms with Gasteiger partial charge in [-0.3, -0.25) is 10.1 Å². The molecule has 0 heterocycles. The van der Waals surface area contributed by atoms with Crippen LogP contribution in [0.4, 0.5) is 21.5 Å². The molecule has 5 nitrogen and oxygen atoms in total. The van der Waals surface area contributed by atoms with Gasteiger partial charge in [0.05, 0.1) is 10.6 Å². The van der Waals surface area contributed by atoms with Gasteiger partial charge < -0.3 is 10.6 Å². The fourth-order valence-electron chi connectivity index (χ4n) is 1.95. The Bertz CT molecular complexity index is 750. The third-order valence-corrected chi connectivity index (χ3v) is 3.24. The molecule has 0 unspecified atom stereocenters. The number of nitro benzene ring substituents is 1. The summed E-state index contributed by atoms with van der Waals surface area (Å²) in [4.78, 5) is 10.1. The second kappa shape index (κ2) is 6.48. The molecule has 2 N–H and O–H groups in total. The number of thiocarbonyl (C=S) groups is 1. The molecule has 114 valence electrons. The van der Waals surface area contributed by atoms with Gasteiger partial charge in [0, 0.05) is 17.8 Å². The van der Waals surface area contributed by atoms with Crippen LogP contribution in [0, 0.1) is 29.8 Å². The fourth-order valence-corrected chi connectivity index (χ4v) is 2.17. The summed E-state index contributed by atoms with van der Waals surface area (Å²) in [6, 6.07) is 9.00. The second-order valence-corrected chi connectivity index (χ2v) is 5.23. The van der Waals surface area contributed by atoms with E-state index in [-0.39, 0.29) is 16.5 Å². The molecule has 0 fully saturated rings. The van der Waals surface area contributed by atoms with Crippen molar-refractivity contribution in [2.75, 3.05) is 10.6 Å². The number of non-ortho nitro benzene ring substituents is 1. The van der Waals surface area contributed by atoms with Crippen molar-refractivity contribution in [1.82, 2.24) is 0 Å². The maximum atomic E-state index is 13.7. The number of hydrogen-bond acceptors (Lipinski definition) is 3. The van der Waals surface area contributed by atoms with Gasteiger partial charge in [-0.25, -0.2) is 4.39 Å². The lowest BCUT2D eigenvalue weighted by molar-refractivity contribution is -0.384. The highest BCUT2D eigenvalue weighted by Gasteiger charge is 2.12. The maximum absolute atomic E-state index is 13.7. The van der Waals surface area contributed by atoms with Crippen LogP contribution in [0.25, 0.3) is 0 Å². The van der Waals surface area contributed by atoms with Crippen molar-refractivity contribution >= 4 is 34.4 Å².